The van der Waals surface area contributed by atoms with Crippen LogP contribution in [0.15, 0.2) is 0 Å². The van der Waals surface area contributed by atoms with E-state index in [2.05, 4.69) is 17.1 Å². The Morgan fingerprint density at radius 2 is 2.07 bits per heavy atom. The first-order valence-electron chi connectivity index (χ1n) is 5.90. The van der Waals surface area contributed by atoms with Gasteiger partial charge in [0.1, 0.15) is 0 Å². The molecule has 1 unspecified atom stereocenters. The number of rotatable bonds is 6. The maximum Gasteiger partial charge on any atom is 0.303 e. The fraction of sp³-hybridized carbons (Fsp3) is 0.909. The molecule has 0 aromatic rings. The third kappa shape index (κ3) is 4.62. The highest BCUT2D eigenvalue weighted by Gasteiger charge is 2.20. The number of piperazine rings is 1. The van der Waals surface area contributed by atoms with E-state index >= 15 is 0 Å². The van der Waals surface area contributed by atoms with Gasteiger partial charge in [0.25, 0.3) is 0 Å². The molecule has 0 aliphatic carbocycles. The molecule has 1 heterocycles. The van der Waals surface area contributed by atoms with Crippen molar-refractivity contribution in [2.75, 3.05) is 26.2 Å². The van der Waals surface area contributed by atoms with Crippen molar-refractivity contribution in [2.45, 2.75) is 38.6 Å². The lowest BCUT2D eigenvalue weighted by molar-refractivity contribution is -0.137. The largest absolute Gasteiger partial charge is 0.481 e. The minimum atomic E-state index is -0.675. The second-order valence-electron chi connectivity index (χ2n) is 4.16. The van der Waals surface area contributed by atoms with Crippen LogP contribution in [0, 0.1) is 0 Å². The topological polar surface area (TPSA) is 52.6 Å². The monoisotopic (exact) mass is 214 g/mol. The first-order chi connectivity index (χ1) is 7.24. The van der Waals surface area contributed by atoms with Gasteiger partial charge in [-0.15, -0.1) is 0 Å². The molecule has 0 saturated carbocycles. The number of carboxylic acid groups (broad SMARTS) is 1. The van der Waals surface area contributed by atoms with Gasteiger partial charge in [0.05, 0.1) is 0 Å². The van der Waals surface area contributed by atoms with E-state index in [-0.39, 0.29) is 0 Å². The summed E-state index contributed by atoms with van der Waals surface area (Å²) in [5.41, 5.74) is 0. The summed E-state index contributed by atoms with van der Waals surface area (Å²) in [6.45, 7) is 6.35. The van der Waals surface area contributed by atoms with Crippen molar-refractivity contribution in [3.63, 3.8) is 0 Å². The molecule has 1 atom stereocenters. The van der Waals surface area contributed by atoms with Crippen LogP contribution in [-0.2, 0) is 4.79 Å². The highest BCUT2D eigenvalue weighted by Crippen LogP contribution is 2.13. The summed E-state index contributed by atoms with van der Waals surface area (Å²) in [5, 5.41) is 12.0. The van der Waals surface area contributed by atoms with Gasteiger partial charge in [0.15, 0.2) is 0 Å². The normalized spacial score (nSPS) is 20.1. The van der Waals surface area contributed by atoms with E-state index in [1.807, 2.05) is 0 Å². The Labute approximate surface area is 91.6 Å². The molecule has 15 heavy (non-hydrogen) atoms. The average molecular weight is 214 g/mol. The molecule has 0 amide bonds. The van der Waals surface area contributed by atoms with Gasteiger partial charge in [-0.3, -0.25) is 9.69 Å². The Bertz CT molecular complexity index is 191. The maximum atomic E-state index is 10.6. The molecule has 1 aliphatic heterocycles. The quantitative estimate of drug-likeness (QED) is 0.690. The third-order valence-electron chi connectivity index (χ3n) is 2.98. The van der Waals surface area contributed by atoms with Gasteiger partial charge in [-0.05, 0) is 12.8 Å². The Hall–Kier alpha value is -0.610. The van der Waals surface area contributed by atoms with Gasteiger partial charge in [-0.25, -0.2) is 0 Å². The summed E-state index contributed by atoms with van der Waals surface area (Å²) < 4.78 is 0. The Morgan fingerprint density at radius 1 is 1.40 bits per heavy atom. The van der Waals surface area contributed by atoms with E-state index < -0.39 is 5.97 Å². The van der Waals surface area contributed by atoms with Crippen LogP contribution < -0.4 is 5.32 Å². The lowest BCUT2D eigenvalue weighted by Gasteiger charge is -2.34. The van der Waals surface area contributed by atoms with Crippen LogP contribution in [0.25, 0.3) is 0 Å². The second kappa shape index (κ2) is 6.80. The molecular formula is C11H22N2O2. The second-order valence-corrected chi connectivity index (χ2v) is 4.16. The number of carbonyl (C=O) groups is 1. The molecule has 0 bridgehead atoms. The van der Waals surface area contributed by atoms with E-state index in [9.17, 15) is 4.79 Å². The van der Waals surface area contributed by atoms with E-state index in [0.29, 0.717) is 12.5 Å². The van der Waals surface area contributed by atoms with Gasteiger partial charge in [-0.1, -0.05) is 13.3 Å². The maximum absolute atomic E-state index is 10.6. The van der Waals surface area contributed by atoms with Gasteiger partial charge in [0.2, 0.25) is 0 Å². The van der Waals surface area contributed by atoms with Crippen molar-refractivity contribution in [3.8, 4) is 0 Å². The van der Waals surface area contributed by atoms with Crippen LogP contribution >= 0.6 is 0 Å². The highest BCUT2D eigenvalue weighted by atomic mass is 16.4. The fourth-order valence-corrected chi connectivity index (χ4v) is 2.18. The van der Waals surface area contributed by atoms with Gasteiger partial charge < -0.3 is 10.4 Å². The van der Waals surface area contributed by atoms with E-state index in [1.165, 1.54) is 0 Å². The molecular weight excluding hydrogens is 192 g/mol. The Balaban J connectivity index is 2.36. The third-order valence-corrected chi connectivity index (χ3v) is 2.98. The summed E-state index contributed by atoms with van der Waals surface area (Å²) in [5.74, 6) is -0.675. The minimum Gasteiger partial charge on any atom is -0.481 e. The molecule has 88 valence electrons. The van der Waals surface area contributed by atoms with Crippen molar-refractivity contribution in [1.29, 1.82) is 0 Å². The molecule has 0 aromatic heterocycles. The molecule has 1 saturated heterocycles. The fourth-order valence-electron chi connectivity index (χ4n) is 2.18. The molecule has 4 heteroatoms. The number of nitrogens with zero attached hydrogens (tertiary/aromatic N) is 1. The molecule has 2 N–H and O–H groups in total. The standard InChI is InChI=1S/C11H22N2O2/c1-2-3-10(4-5-11(14)15)13-8-6-12-7-9-13/h10,12H,2-9H2,1H3,(H,14,15). The molecule has 1 aliphatic rings. The summed E-state index contributed by atoms with van der Waals surface area (Å²) >= 11 is 0. The summed E-state index contributed by atoms with van der Waals surface area (Å²) in [6.07, 6.45) is 3.35. The van der Waals surface area contributed by atoms with Crippen LogP contribution in [-0.4, -0.2) is 48.2 Å². The molecule has 4 nitrogen and oxygen atoms in total. The molecule has 1 fully saturated rings. The van der Waals surface area contributed by atoms with E-state index in [0.717, 1.165) is 45.4 Å². The lowest BCUT2D eigenvalue weighted by Crippen LogP contribution is -2.48. The molecule has 0 aromatic carbocycles. The van der Waals surface area contributed by atoms with E-state index in [1.54, 1.807) is 0 Å². The predicted molar refractivity (Wildman–Crippen MR) is 60.0 cm³/mol. The Kier molecular flexibility index (Phi) is 5.65. The average Bonchev–Trinajstić information content (AvgIpc) is 2.25. The molecule has 0 radical (unpaired) electrons. The molecule has 1 rings (SSSR count). The molecule has 0 spiro atoms. The van der Waals surface area contributed by atoms with Crippen molar-refractivity contribution < 1.29 is 9.90 Å². The van der Waals surface area contributed by atoms with Crippen LogP contribution in [0.3, 0.4) is 0 Å². The number of nitrogens with one attached hydrogen (secondary N) is 1. The summed E-state index contributed by atoms with van der Waals surface area (Å²) in [7, 11) is 0. The van der Waals surface area contributed by atoms with Gasteiger partial charge in [0, 0.05) is 38.6 Å². The Morgan fingerprint density at radius 3 is 2.60 bits per heavy atom. The zero-order valence-electron chi connectivity index (χ0n) is 9.54. The number of hydrogen-bond donors (Lipinski definition) is 2. The zero-order valence-corrected chi connectivity index (χ0v) is 9.54. The zero-order chi connectivity index (χ0) is 11.1. The van der Waals surface area contributed by atoms with Crippen molar-refractivity contribution in [1.82, 2.24) is 10.2 Å². The summed E-state index contributed by atoms with van der Waals surface area (Å²) in [4.78, 5) is 13.0. The van der Waals surface area contributed by atoms with Crippen LogP contribution in [0.5, 0.6) is 0 Å². The SMILES string of the molecule is CCCC(CCC(=O)O)N1CCNCC1. The summed E-state index contributed by atoms with van der Waals surface area (Å²) in [6, 6.07) is 0.466. The first-order valence-corrected chi connectivity index (χ1v) is 5.90. The number of aliphatic carboxylic acids is 1. The van der Waals surface area contributed by atoms with Crippen LogP contribution in [0.2, 0.25) is 0 Å². The van der Waals surface area contributed by atoms with Crippen LogP contribution in [0.1, 0.15) is 32.6 Å². The number of carboxylic acids is 1. The lowest BCUT2D eigenvalue weighted by atomic mass is 10.0. The van der Waals surface area contributed by atoms with E-state index in [4.69, 9.17) is 5.11 Å². The van der Waals surface area contributed by atoms with Gasteiger partial charge >= 0.3 is 5.97 Å². The minimum absolute atomic E-state index is 0.300. The first kappa shape index (κ1) is 12.5. The van der Waals surface area contributed by atoms with Crippen LogP contribution in [0.4, 0.5) is 0 Å². The smallest absolute Gasteiger partial charge is 0.303 e. The van der Waals surface area contributed by atoms with Gasteiger partial charge in [-0.2, -0.15) is 0 Å². The predicted octanol–water partition coefficient (Wildman–Crippen LogP) is 0.925. The van der Waals surface area contributed by atoms with Crippen molar-refractivity contribution in [2.24, 2.45) is 0 Å². The number of hydrogen-bond acceptors (Lipinski definition) is 3. The highest BCUT2D eigenvalue weighted by molar-refractivity contribution is 5.66. The van der Waals surface area contributed by atoms with Crippen molar-refractivity contribution >= 4 is 5.97 Å². The van der Waals surface area contributed by atoms with Crippen molar-refractivity contribution in [3.05, 3.63) is 0 Å².